The van der Waals surface area contributed by atoms with Crippen molar-refractivity contribution in [3.05, 3.63) is 64.5 Å². The van der Waals surface area contributed by atoms with Gasteiger partial charge in [-0.15, -0.1) is 10.2 Å². The molecule has 1 N–H and O–H groups in total. The molecule has 22 heavy (non-hydrogen) atoms. The second kappa shape index (κ2) is 6.34. The third-order valence-corrected chi connectivity index (χ3v) is 3.88. The first-order valence-corrected chi connectivity index (χ1v) is 7.55. The van der Waals surface area contributed by atoms with Gasteiger partial charge in [-0.2, -0.15) is 0 Å². The van der Waals surface area contributed by atoms with E-state index in [2.05, 4.69) is 26.1 Å². The van der Waals surface area contributed by atoms with Crippen molar-refractivity contribution in [2.24, 2.45) is 0 Å². The van der Waals surface area contributed by atoms with E-state index in [0.717, 1.165) is 15.6 Å². The van der Waals surface area contributed by atoms with E-state index in [9.17, 15) is 5.11 Å². The van der Waals surface area contributed by atoms with Gasteiger partial charge in [-0.25, -0.2) is 0 Å². The van der Waals surface area contributed by atoms with E-state index in [1.807, 2.05) is 24.3 Å². The number of benzene rings is 2. The van der Waals surface area contributed by atoms with Crippen molar-refractivity contribution < 1.29 is 9.52 Å². The van der Waals surface area contributed by atoms with Gasteiger partial charge in [0.05, 0.1) is 5.56 Å². The molecule has 0 saturated carbocycles. The summed E-state index contributed by atoms with van der Waals surface area (Å²) in [5, 5.41) is 17.6. The van der Waals surface area contributed by atoms with Crippen LogP contribution in [-0.2, 0) is 0 Å². The maximum Gasteiger partial charge on any atom is 0.259 e. The van der Waals surface area contributed by atoms with Crippen LogP contribution in [0, 0.1) is 0 Å². The van der Waals surface area contributed by atoms with Crippen LogP contribution in [0.2, 0.25) is 0 Å². The van der Waals surface area contributed by atoms with Crippen molar-refractivity contribution in [2.45, 2.75) is 0 Å². The van der Waals surface area contributed by atoms with Crippen LogP contribution in [0.25, 0.3) is 22.6 Å². The fourth-order valence-corrected chi connectivity index (χ4v) is 2.50. The highest BCUT2D eigenvalue weighted by molar-refractivity contribution is 9.10. The van der Waals surface area contributed by atoms with Gasteiger partial charge < -0.3 is 9.52 Å². The molecule has 0 aliphatic heterocycles. The van der Waals surface area contributed by atoms with Gasteiger partial charge in [0.1, 0.15) is 10.8 Å². The molecule has 0 aliphatic rings. The molecule has 0 spiro atoms. The summed E-state index contributed by atoms with van der Waals surface area (Å²) in [6, 6.07) is 14.2. The van der Waals surface area contributed by atoms with Crippen molar-refractivity contribution >= 4 is 38.6 Å². The molecule has 0 unspecified atom stereocenters. The number of phenols is 1. The molecule has 110 valence electrons. The Labute approximate surface area is 140 Å². The zero-order valence-electron chi connectivity index (χ0n) is 11.2. The Balaban J connectivity index is 1.90. The molecule has 0 radical (unpaired) electrons. The maximum atomic E-state index is 9.26. The summed E-state index contributed by atoms with van der Waals surface area (Å²) in [6.45, 7) is 0. The first-order chi connectivity index (χ1) is 10.6. The predicted molar refractivity (Wildman–Crippen MR) is 89.3 cm³/mol. The van der Waals surface area contributed by atoms with E-state index >= 15 is 0 Å². The average molecular weight is 378 g/mol. The van der Waals surface area contributed by atoms with Crippen molar-refractivity contribution in [1.29, 1.82) is 0 Å². The van der Waals surface area contributed by atoms with Gasteiger partial charge in [-0.1, -0.05) is 35.9 Å². The monoisotopic (exact) mass is 376 g/mol. The third kappa shape index (κ3) is 3.21. The number of hydrogen-bond donors (Lipinski definition) is 1. The molecule has 3 aromatic rings. The SMILES string of the molecule is Oc1ccc(/C=C(\Cl)c2nnc(-c3ccccc3Br)o2)cc1. The quantitative estimate of drug-likeness (QED) is 0.702. The second-order valence-electron chi connectivity index (χ2n) is 4.48. The number of nitrogens with zero attached hydrogens (tertiary/aromatic N) is 2. The van der Waals surface area contributed by atoms with E-state index in [1.54, 1.807) is 30.3 Å². The van der Waals surface area contributed by atoms with E-state index in [4.69, 9.17) is 16.0 Å². The molecule has 0 bridgehead atoms. The Morgan fingerprint density at radius 2 is 1.82 bits per heavy atom. The molecule has 2 aromatic carbocycles. The van der Waals surface area contributed by atoms with Crippen molar-refractivity contribution in [3.63, 3.8) is 0 Å². The smallest absolute Gasteiger partial charge is 0.259 e. The number of halogens is 2. The molecule has 0 amide bonds. The normalized spacial score (nSPS) is 11.6. The molecule has 0 atom stereocenters. The summed E-state index contributed by atoms with van der Waals surface area (Å²) in [7, 11) is 0. The van der Waals surface area contributed by atoms with Crippen molar-refractivity contribution in [2.75, 3.05) is 0 Å². The van der Waals surface area contributed by atoms with E-state index in [0.29, 0.717) is 10.9 Å². The van der Waals surface area contributed by atoms with Crippen LogP contribution in [0.3, 0.4) is 0 Å². The lowest BCUT2D eigenvalue weighted by Crippen LogP contribution is -1.78. The van der Waals surface area contributed by atoms with E-state index in [1.165, 1.54) is 0 Å². The minimum atomic E-state index is 0.197. The maximum absolute atomic E-state index is 9.26. The molecule has 1 aromatic heterocycles. The Morgan fingerprint density at radius 3 is 2.55 bits per heavy atom. The summed E-state index contributed by atoms with van der Waals surface area (Å²) >= 11 is 9.65. The summed E-state index contributed by atoms with van der Waals surface area (Å²) in [4.78, 5) is 0. The lowest BCUT2D eigenvalue weighted by Gasteiger charge is -1.97. The highest BCUT2D eigenvalue weighted by Gasteiger charge is 2.13. The number of rotatable bonds is 3. The highest BCUT2D eigenvalue weighted by atomic mass is 79.9. The van der Waals surface area contributed by atoms with Gasteiger partial charge >= 0.3 is 0 Å². The zero-order chi connectivity index (χ0) is 15.5. The molecule has 0 aliphatic carbocycles. The summed E-state index contributed by atoms with van der Waals surface area (Å²) < 4.78 is 6.47. The van der Waals surface area contributed by atoms with Gasteiger partial charge in [0.25, 0.3) is 5.89 Å². The summed E-state index contributed by atoms with van der Waals surface area (Å²) in [5.41, 5.74) is 1.62. The van der Waals surface area contributed by atoms with Crippen LogP contribution >= 0.6 is 27.5 Å². The van der Waals surface area contributed by atoms with Crippen molar-refractivity contribution in [1.82, 2.24) is 10.2 Å². The minimum Gasteiger partial charge on any atom is -0.508 e. The highest BCUT2D eigenvalue weighted by Crippen LogP contribution is 2.29. The van der Waals surface area contributed by atoms with Gasteiger partial charge in [0.2, 0.25) is 5.89 Å². The fraction of sp³-hybridized carbons (Fsp3) is 0. The lowest BCUT2D eigenvalue weighted by atomic mass is 10.2. The molecular weight excluding hydrogens is 368 g/mol. The van der Waals surface area contributed by atoms with Crippen LogP contribution in [0.1, 0.15) is 11.5 Å². The Hall–Kier alpha value is -2.11. The topological polar surface area (TPSA) is 59.2 Å². The van der Waals surface area contributed by atoms with Crippen molar-refractivity contribution in [3.8, 4) is 17.2 Å². The van der Waals surface area contributed by atoms with Gasteiger partial charge in [0, 0.05) is 4.47 Å². The van der Waals surface area contributed by atoms with Crippen LogP contribution in [-0.4, -0.2) is 15.3 Å². The average Bonchev–Trinajstić information content (AvgIpc) is 3.00. The lowest BCUT2D eigenvalue weighted by molar-refractivity contribution is 0.475. The minimum absolute atomic E-state index is 0.197. The first-order valence-electron chi connectivity index (χ1n) is 6.38. The standard InChI is InChI=1S/C16H10BrClN2O2/c17-13-4-2-1-3-12(13)15-19-20-16(22-15)14(18)9-10-5-7-11(21)8-6-10/h1-9,21H/b14-9-. The number of aromatic hydroxyl groups is 1. The van der Waals surface area contributed by atoms with E-state index < -0.39 is 0 Å². The van der Waals surface area contributed by atoms with Gasteiger partial charge in [0.15, 0.2) is 0 Å². The molecule has 3 rings (SSSR count). The molecular formula is C16H10BrClN2O2. The number of aromatic nitrogens is 2. The zero-order valence-corrected chi connectivity index (χ0v) is 13.5. The van der Waals surface area contributed by atoms with Crippen LogP contribution in [0.15, 0.2) is 57.4 Å². The van der Waals surface area contributed by atoms with E-state index in [-0.39, 0.29) is 11.6 Å². The summed E-state index contributed by atoms with van der Waals surface area (Å²) in [6.07, 6.45) is 1.69. The van der Waals surface area contributed by atoms with Crippen LogP contribution in [0.4, 0.5) is 0 Å². The number of phenolic OH excluding ortho intramolecular Hbond substituents is 1. The molecule has 4 nitrogen and oxygen atoms in total. The largest absolute Gasteiger partial charge is 0.508 e. The first kappa shape index (κ1) is 14.8. The molecule has 0 saturated heterocycles. The Bertz CT molecular complexity index is 828. The number of hydrogen-bond acceptors (Lipinski definition) is 4. The fourth-order valence-electron chi connectivity index (χ4n) is 1.84. The molecule has 1 heterocycles. The Kier molecular flexibility index (Phi) is 4.27. The van der Waals surface area contributed by atoms with Crippen LogP contribution < -0.4 is 0 Å². The molecule has 0 fully saturated rings. The Morgan fingerprint density at radius 1 is 1.09 bits per heavy atom. The summed E-state index contributed by atoms with van der Waals surface area (Å²) in [5.74, 6) is 0.822. The second-order valence-corrected chi connectivity index (χ2v) is 5.74. The molecule has 6 heteroatoms. The van der Waals surface area contributed by atoms with Gasteiger partial charge in [-0.05, 0) is 51.8 Å². The van der Waals surface area contributed by atoms with Gasteiger partial charge in [-0.3, -0.25) is 0 Å². The third-order valence-electron chi connectivity index (χ3n) is 2.92. The predicted octanol–water partition coefficient (Wildman–Crippen LogP) is 4.94. The van der Waals surface area contributed by atoms with Crippen LogP contribution in [0.5, 0.6) is 5.75 Å².